The highest BCUT2D eigenvalue weighted by Crippen LogP contribution is 2.35. The number of hydrogen-bond donors (Lipinski definition) is 0. The van der Waals surface area contributed by atoms with Crippen molar-refractivity contribution in [3.8, 4) is 5.75 Å². The molecule has 0 spiro atoms. The normalized spacial score (nSPS) is 17.2. The van der Waals surface area contributed by atoms with E-state index in [1.807, 2.05) is 18.2 Å². The van der Waals surface area contributed by atoms with Crippen molar-refractivity contribution in [3.05, 3.63) is 65.2 Å². The SMILES string of the molecule is O=C(c1ccc(F)c(F)c1)C1CCOc2ccccc21. The Hall–Kier alpha value is -2.23. The number of benzene rings is 2. The molecule has 0 aliphatic carbocycles. The summed E-state index contributed by atoms with van der Waals surface area (Å²) in [6.07, 6.45) is 0.537. The van der Waals surface area contributed by atoms with Gasteiger partial charge in [-0.05, 0) is 30.7 Å². The van der Waals surface area contributed by atoms with Gasteiger partial charge in [-0.15, -0.1) is 0 Å². The zero-order chi connectivity index (χ0) is 14.1. The van der Waals surface area contributed by atoms with E-state index >= 15 is 0 Å². The minimum atomic E-state index is -1.00. The standard InChI is InChI=1S/C16H12F2O2/c17-13-6-5-10(9-14(13)18)16(19)12-7-8-20-15-4-2-1-3-11(12)15/h1-6,9,12H,7-8H2. The maximum atomic E-state index is 13.3. The monoisotopic (exact) mass is 274 g/mol. The second kappa shape index (κ2) is 5.04. The van der Waals surface area contributed by atoms with Crippen LogP contribution >= 0.6 is 0 Å². The highest BCUT2D eigenvalue weighted by Gasteiger charge is 2.28. The van der Waals surface area contributed by atoms with Crippen LogP contribution in [0.25, 0.3) is 0 Å². The third-order valence-electron chi connectivity index (χ3n) is 3.48. The van der Waals surface area contributed by atoms with Crippen molar-refractivity contribution in [2.75, 3.05) is 6.61 Å². The fraction of sp³-hybridized carbons (Fsp3) is 0.188. The molecule has 1 aliphatic heterocycles. The molecule has 0 N–H and O–H groups in total. The smallest absolute Gasteiger partial charge is 0.170 e. The van der Waals surface area contributed by atoms with E-state index in [2.05, 4.69) is 0 Å². The van der Waals surface area contributed by atoms with Gasteiger partial charge in [0.25, 0.3) is 0 Å². The predicted molar refractivity (Wildman–Crippen MR) is 70.0 cm³/mol. The van der Waals surface area contributed by atoms with E-state index in [-0.39, 0.29) is 17.3 Å². The average molecular weight is 274 g/mol. The first-order chi connectivity index (χ1) is 9.66. The molecule has 0 radical (unpaired) electrons. The number of para-hydroxylation sites is 1. The van der Waals surface area contributed by atoms with Crippen molar-refractivity contribution in [2.45, 2.75) is 12.3 Å². The van der Waals surface area contributed by atoms with Crippen LogP contribution < -0.4 is 4.74 Å². The number of hydrogen-bond acceptors (Lipinski definition) is 2. The summed E-state index contributed by atoms with van der Waals surface area (Å²) in [5.41, 5.74) is 0.985. The van der Waals surface area contributed by atoms with Gasteiger partial charge in [-0.2, -0.15) is 0 Å². The molecule has 1 aliphatic rings. The molecule has 102 valence electrons. The van der Waals surface area contributed by atoms with Crippen LogP contribution in [0.4, 0.5) is 8.78 Å². The first-order valence-electron chi connectivity index (χ1n) is 6.38. The Kier molecular flexibility index (Phi) is 3.22. The fourth-order valence-electron chi connectivity index (χ4n) is 2.47. The molecule has 1 atom stereocenters. The van der Waals surface area contributed by atoms with Crippen LogP contribution in [0, 0.1) is 11.6 Å². The van der Waals surface area contributed by atoms with Crippen LogP contribution in [0.2, 0.25) is 0 Å². The first kappa shape index (κ1) is 12.8. The Balaban J connectivity index is 1.97. The van der Waals surface area contributed by atoms with Crippen LogP contribution in [-0.2, 0) is 0 Å². The number of ether oxygens (including phenoxy) is 1. The van der Waals surface area contributed by atoms with Gasteiger partial charge in [-0.25, -0.2) is 8.78 Å². The molecular weight excluding hydrogens is 262 g/mol. The Bertz CT molecular complexity index is 667. The first-order valence-corrected chi connectivity index (χ1v) is 6.38. The maximum Gasteiger partial charge on any atom is 0.170 e. The highest BCUT2D eigenvalue weighted by molar-refractivity contribution is 6.01. The largest absolute Gasteiger partial charge is 0.493 e. The van der Waals surface area contributed by atoms with Crippen LogP contribution in [-0.4, -0.2) is 12.4 Å². The molecular formula is C16H12F2O2. The Morgan fingerprint density at radius 1 is 1.10 bits per heavy atom. The second-order valence-corrected chi connectivity index (χ2v) is 4.72. The van der Waals surface area contributed by atoms with Gasteiger partial charge >= 0.3 is 0 Å². The summed E-state index contributed by atoms with van der Waals surface area (Å²) in [5, 5.41) is 0. The van der Waals surface area contributed by atoms with Crippen LogP contribution in [0.5, 0.6) is 5.75 Å². The van der Waals surface area contributed by atoms with E-state index in [4.69, 9.17) is 4.74 Å². The summed E-state index contributed by atoms with van der Waals surface area (Å²) in [7, 11) is 0. The van der Waals surface area contributed by atoms with E-state index in [0.717, 1.165) is 17.7 Å². The summed E-state index contributed by atoms with van der Waals surface area (Å²) < 4.78 is 31.7. The van der Waals surface area contributed by atoms with E-state index in [1.54, 1.807) is 6.07 Å². The lowest BCUT2D eigenvalue weighted by Gasteiger charge is -2.24. The molecule has 2 nitrogen and oxygen atoms in total. The number of halogens is 2. The van der Waals surface area contributed by atoms with Crippen molar-refractivity contribution in [2.24, 2.45) is 0 Å². The molecule has 1 heterocycles. The van der Waals surface area contributed by atoms with Crippen LogP contribution in [0.3, 0.4) is 0 Å². The molecule has 20 heavy (non-hydrogen) atoms. The van der Waals surface area contributed by atoms with Gasteiger partial charge in [0.1, 0.15) is 5.75 Å². The third kappa shape index (κ3) is 2.18. The van der Waals surface area contributed by atoms with Gasteiger partial charge < -0.3 is 4.74 Å². The zero-order valence-electron chi connectivity index (χ0n) is 10.6. The second-order valence-electron chi connectivity index (χ2n) is 4.72. The lowest BCUT2D eigenvalue weighted by Crippen LogP contribution is -2.21. The van der Waals surface area contributed by atoms with Crippen LogP contribution in [0.1, 0.15) is 28.3 Å². The molecule has 4 heteroatoms. The molecule has 1 unspecified atom stereocenters. The summed E-state index contributed by atoms with van der Waals surface area (Å²) in [5.74, 6) is -1.85. The van der Waals surface area contributed by atoms with Gasteiger partial charge in [0.15, 0.2) is 17.4 Å². The molecule has 0 saturated heterocycles. The Morgan fingerprint density at radius 3 is 2.70 bits per heavy atom. The van der Waals surface area contributed by atoms with Gasteiger partial charge in [0.05, 0.1) is 12.5 Å². The van der Waals surface area contributed by atoms with Crippen molar-refractivity contribution in [1.29, 1.82) is 0 Å². The van der Waals surface area contributed by atoms with E-state index in [0.29, 0.717) is 18.8 Å². The fourth-order valence-corrected chi connectivity index (χ4v) is 2.47. The third-order valence-corrected chi connectivity index (χ3v) is 3.48. The lowest BCUT2D eigenvalue weighted by atomic mass is 9.86. The topological polar surface area (TPSA) is 26.3 Å². The Labute approximate surface area is 115 Å². The number of Topliss-reactive ketones (excluding diaryl/α,β-unsaturated/α-hetero) is 1. The summed E-state index contributed by atoms with van der Waals surface area (Å²) in [6.45, 7) is 0.442. The molecule has 0 amide bonds. The number of fused-ring (bicyclic) bond motifs is 1. The predicted octanol–water partition coefficient (Wildman–Crippen LogP) is 3.71. The molecule has 0 saturated carbocycles. The van der Waals surface area contributed by atoms with Crippen molar-refractivity contribution >= 4 is 5.78 Å². The summed E-state index contributed by atoms with van der Waals surface area (Å²) in [4.78, 5) is 12.5. The molecule has 3 rings (SSSR count). The molecule has 2 aromatic rings. The number of carbonyl (C=O) groups is 1. The number of ketones is 1. The molecule has 0 bridgehead atoms. The van der Waals surface area contributed by atoms with Crippen molar-refractivity contribution < 1.29 is 18.3 Å². The minimum absolute atomic E-state index is 0.186. The van der Waals surface area contributed by atoms with Gasteiger partial charge in [-0.1, -0.05) is 18.2 Å². The van der Waals surface area contributed by atoms with E-state index < -0.39 is 11.6 Å². The highest BCUT2D eigenvalue weighted by atomic mass is 19.2. The number of carbonyl (C=O) groups excluding carboxylic acids is 1. The Morgan fingerprint density at radius 2 is 1.90 bits per heavy atom. The van der Waals surface area contributed by atoms with Gasteiger partial charge in [-0.3, -0.25) is 4.79 Å². The lowest BCUT2D eigenvalue weighted by molar-refractivity contribution is 0.0932. The minimum Gasteiger partial charge on any atom is -0.493 e. The molecule has 0 aromatic heterocycles. The maximum absolute atomic E-state index is 13.3. The van der Waals surface area contributed by atoms with Crippen molar-refractivity contribution in [3.63, 3.8) is 0 Å². The van der Waals surface area contributed by atoms with E-state index in [9.17, 15) is 13.6 Å². The van der Waals surface area contributed by atoms with Gasteiger partial charge in [0, 0.05) is 11.1 Å². The average Bonchev–Trinajstić information content (AvgIpc) is 2.49. The van der Waals surface area contributed by atoms with Gasteiger partial charge in [0.2, 0.25) is 0 Å². The summed E-state index contributed by atoms with van der Waals surface area (Å²) >= 11 is 0. The van der Waals surface area contributed by atoms with Crippen molar-refractivity contribution in [1.82, 2.24) is 0 Å². The molecule has 2 aromatic carbocycles. The van der Waals surface area contributed by atoms with E-state index in [1.165, 1.54) is 6.07 Å². The summed E-state index contributed by atoms with van der Waals surface area (Å²) in [6, 6.07) is 10.6. The zero-order valence-corrected chi connectivity index (χ0v) is 10.6. The number of rotatable bonds is 2. The van der Waals surface area contributed by atoms with Crippen LogP contribution in [0.15, 0.2) is 42.5 Å². The molecule has 0 fully saturated rings. The quantitative estimate of drug-likeness (QED) is 0.780.